The van der Waals surface area contributed by atoms with Gasteiger partial charge in [0, 0.05) is 30.7 Å². The summed E-state index contributed by atoms with van der Waals surface area (Å²) < 4.78 is 27.3. The van der Waals surface area contributed by atoms with E-state index in [-0.39, 0.29) is 28.8 Å². The highest BCUT2D eigenvalue weighted by Crippen LogP contribution is 2.26. The van der Waals surface area contributed by atoms with Crippen LogP contribution in [0.4, 0.5) is 5.13 Å². The molecule has 0 radical (unpaired) electrons. The SMILES string of the molecule is CC(C)(C)c1ccc(S(=O)(=O)NCC(=O)NC[C@H]2CCCN2c2nccs2)cc1. The number of hydrogen-bond donors (Lipinski definition) is 2. The van der Waals surface area contributed by atoms with E-state index in [1.54, 1.807) is 29.7 Å². The van der Waals surface area contributed by atoms with Gasteiger partial charge in [0.2, 0.25) is 15.9 Å². The van der Waals surface area contributed by atoms with E-state index in [1.807, 2.05) is 17.5 Å². The van der Waals surface area contributed by atoms with Crippen molar-refractivity contribution in [2.24, 2.45) is 0 Å². The fourth-order valence-electron chi connectivity index (χ4n) is 3.33. The van der Waals surface area contributed by atoms with Crippen LogP contribution in [0.2, 0.25) is 0 Å². The van der Waals surface area contributed by atoms with Gasteiger partial charge in [-0.3, -0.25) is 4.79 Å². The third-order valence-electron chi connectivity index (χ3n) is 5.03. The standard InChI is InChI=1S/C20H28N4O3S2/c1-20(2,3)15-6-8-17(9-7-15)29(26,27)23-14-18(25)22-13-16-5-4-11-24(16)19-21-10-12-28-19/h6-10,12,16,23H,4-5,11,13-14H2,1-3H3,(H,22,25)/t16-/m1/s1. The average Bonchev–Trinajstić information content (AvgIpc) is 3.35. The first-order valence-corrected chi connectivity index (χ1v) is 12.1. The van der Waals surface area contributed by atoms with E-state index in [4.69, 9.17) is 0 Å². The molecule has 0 spiro atoms. The van der Waals surface area contributed by atoms with Crippen LogP contribution in [0.1, 0.15) is 39.2 Å². The Bertz CT molecular complexity index is 920. The lowest BCUT2D eigenvalue weighted by Crippen LogP contribution is -2.43. The largest absolute Gasteiger partial charge is 0.353 e. The highest BCUT2D eigenvalue weighted by molar-refractivity contribution is 7.89. The van der Waals surface area contributed by atoms with E-state index in [0.717, 1.165) is 30.1 Å². The molecular formula is C20H28N4O3S2. The zero-order chi connectivity index (χ0) is 21.1. The minimum Gasteiger partial charge on any atom is -0.353 e. The summed E-state index contributed by atoms with van der Waals surface area (Å²) >= 11 is 1.58. The Morgan fingerprint density at radius 1 is 1.28 bits per heavy atom. The lowest BCUT2D eigenvalue weighted by molar-refractivity contribution is -0.120. The van der Waals surface area contributed by atoms with Crippen LogP contribution in [0.5, 0.6) is 0 Å². The van der Waals surface area contributed by atoms with E-state index in [1.165, 1.54) is 0 Å². The normalized spacial score (nSPS) is 17.5. The summed E-state index contributed by atoms with van der Waals surface area (Å²) in [5, 5.41) is 5.73. The topological polar surface area (TPSA) is 91.4 Å². The van der Waals surface area contributed by atoms with E-state index in [9.17, 15) is 13.2 Å². The van der Waals surface area contributed by atoms with Gasteiger partial charge in [0.1, 0.15) is 0 Å². The van der Waals surface area contributed by atoms with E-state index < -0.39 is 10.0 Å². The van der Waals surface area contributed by atoms with Crippen molar-refractivity contribution in [2.45, 2.75) is 50.0 Å². The number of aromatic nitrogens is 1. The zero-order valence-corrected chi connectivity index (χ0v) is 18.6. The molecule has 1 aliphatic rings. The van der Waals surface area contributed by atoms with Crippen molar-refractivity contribution >= 4 is 32.4 Å². The quantitative estimate of drug-likeness (QED) is 0.696. The Morgan fingerprint density at radius 2 is 2.00 bits per heavy atom. The molecule has 1 amide bonds. The molecule has 1 aromatic carbocycles. The van der Waals surface area contributed by atoms with Gasteiger partial charge in [0.15, 0.2) is 5.13 Å². The number of rotatable bonds is 7. The van der Waals surface area contributed by atoms with Crippen molar-refractivity contribution in [1.29, 1.82) is 0 Å². The van der Waals surface area contributed by atoms with Gasteiger partial charge < -0.3 is 10.2 Å². The highest BCUT2D eigenvalue weighted by atomic mass is 32.2. The Morgan fingerprint density at radius 3 is 2.62 bits per heavy atom. The minimum atomic E-state index is -3.73. The van der Waals surface area contributed by atoms with Gasteiger partial charge in [0.25, 0.3) is 0 Å². The van der Waals surface area contributed by atoms with Crippen molar-refractivity contribution in [2.75, 3.05) is 24.5 Å². The van der Waals surface area contributed by atoms with Gasteiger partial charge in [0.05, 0.1) is 11.4 Å². The number of benzene rings is 1. The molecule has 0 saturated carbocycles. The number of amides is 1. The summed E-state index contributed by atoms with van der Waals surface area (Å²) in [6, 6.07) is 6.95. The second kappa shape index (κ2) is 8.81. The molecule has 1 fully saturated rings. The Hall–Kier alpha value is -1.97. The van der Waals surface area contributed by atoms with E-state index in [0.29, 0.717) is 6.54 Å². The molecule has 1 saturated heterocycles. The number of thiazole rings is 1. The molecule has 1 aromatic heterocycles. The highest BCUT2D eigenvalue weighted by Gasteiger charge is 2.26. The molecule has 29 heavy (non-hydrogen) atoms. The predicted molar refractivity (Wildman–Crippen MR) is 116 cm³/mol. The van der Waals surface area contributed by atoms with Crippen LogP contribution in [-0.4, -0.2) is 45.0 Å². The second-order valence-corrected chi connectivity index (χ2v) is 10.8. The number of nitrogens with zero attached hydrogens (tertiary/aromatic N) is 2. The number of nitrogens with one attached hydrogen (secondary N) is 2. The van der Waals surface area contributed by atoms with Crippen LogP contribution in [0.25, 0.3) is 0 Å². The molecule has 2 heterocycles. The first-order chi connectivity index (χ1) is 13.7. The lowest BCUT2D eigenvalue weighted by Gasteiger charge is -2.24. The van der Waals surface area contributed by atoms with Crippen molar-refractivity contribution < 1.29 is 13.2 Å². The van der Waals surface area contributed by atoms with Gasteiger partial charge >= 0.3 is 0 Å². The maximum absolute atomic E-state index is 12.5. The molecule has 3 rings (SSSR count). The van der Waals surface area contributed by atoms with Crippen LogP contribution in [0, 0.1) is 0 Å². The Balaban J connectivity index is 1.51. The summed E-state index contributed by atoms with van der Waals surface area (Å²) in [7, 11) is -3.73. The van der Waals surface area contributed by atoms with Crippen molar-refractivity contribution in [3.63, 3.8) is 0 Å². The minimum absolute atomic E-state index is 0.0532. The molecule has 158 valence electrons. The van der Waals surface area contributed by atoms with Crippen LogP contribution in [0.3, 0.4) is 0 Å². The first kappa shape index (κ1) is 21.7. The molecule has 1 atom stereocenters. The van der Waals surface area contributed by atoms with Crippen LogP contribution in [0.15, 0.2) is 40.7 Å². The Labute approximate surface area is 176 Å². The average molecular weight is 437 g/mol. The molecule has 0 bridgehead atoms. The molecule has 7 nitrogen and oxygen atoms in total. The number of hydrogen-bond acceptors (Lipinski definition) is 6. The number of carbonyl (C=O) groups is 1. The van der Waals surface area contributed by atoms with Crippen LogP contribution < -0.4 is 14.9 Å². The molecule has 1 aliphatic heterocycles. The van der Waals surface area contributed by atoms with Crippen molar-refractivity contribution in [3.8, 4) is 0 Å². The summed E-state index contributed by atoms with van der Waals surface area (Å²) in [6.07, 6.45) is 3.81. The molecular weight excluding hydrogens is 408 g/mol. The molecule has 9 heteroatoms. The van der Waals surface area contributed by atoms with Gasteiger partial charge in [-0.25, -0.2) is 18.1 Å². The monoisotopic (exact) mass is 436 g/mol. The molecule has 0 aliphatic carbocycles. The summed E-state index contributed by atoms with van der Waals surface area (Å²) in [4.78, 5) is 18.9. The van der Waals surface area contributed by atoms with Crippen molar-refractivity contribution in [1.82, 2.24) is 15.0 Å². The smallest absolute Gasteiger partial charge is 0.241 e. The Kier molecular flexibility index (Phi) is 6.60. The number of anilines is 1. The zero-order valence-electron chi connectivity index (χ0n) is 17.0. The number of sulfonamides is 1. The summed E-state index contributed by atoms with van der Waals surface area (Å²) in [6.45, 7) is 7.32. The summed E-state index contributed by atoms with van der Waals surface area (Å²) in [5.74, 6) is -0.342. The van der Waals surface area contributed by atoms with E-state index >= 15 is 0 Å². The predicted octanol–water partition coefficient (Wildman–Crippen LogP) is 2.50. The summed E-state index contributed by atoms with van der Waals surface area (Å²) in [5.41, 5.74) is 0.998. The van der Waals surface area contributed by atoms with Crippen LogP contribution in [-0.2, 0) is 20.2 Å². The fourth-order valence-corrected chi connectivity index (χ4v) is 5.05. The molecule has 2 N–H and O–H groups in total. The maximum atomic E-state index is 12.5. The van der Waals surface area contributed by atoms with Crippen LogP contribution >= 0.6 is 11.3 Å². The number of carbonyl (C=O) groups excluding carboxylic acids is 1. The van der Waals surface area contributed by atoms with Gasteiger partial charge in [-0.15, -0.1) is 11.3 Å². The third-order valence-corrected chi connectivity index (χ3v) is 7.26. The maximum Gasteiger partial charge on any atom is 0.241 e. The van der Waals surface area contributed by atoms with Gasteiger partial charge in [-0.1, -0.05) is 32.9 Å². The second-order valence-electron chi connectivity index (χ2n) is 8.21. The molecule has 2 aromatic rings. The molecule has 0 unspecified atom stereocenters. The fraction of sp³-hybridized carbons (Fsp3) is 0.500. The van der Waals surface area contributed by atoms with Gasteiger partial charge in [-0.2, -0.15) is 0 Å². The van der Waals surface area contributed by atoms with E-state index in [2.05, 4.69) is 40.7 Å². The third kappa shape index (κ3) is 5.55. The van der Waals surface area contributed by atoms with Crippen molar-refractivity contribution in [3.05, 3.63) is 41.4 Å². The first-order valence-electron chi connectivity index (χ1n) is 9.70. The lowest BCUT2D eigenvalue weighted by atomic mass is 9.87. The van der Waals surface area contributed by atoms with Gasteiger partial charge in [-0.05, 0) is 36.0 Å².